The van der Waals surface area contributed by atoms with E-state index in [0.717, 1.165) is 16.5 Å². The van der Waals surface area contributed by atoms with E-state index in [0.29, 0.717) is 5.69 Å². The molecule has 5 nitrogen and oxygen atoms in total. The first kappa shape index (κ1) is 10.7. The monoisotopic (exact) mass is 233 g/mol. The maximum atomic E-state index is 7.29. The molecule has 0 aliphatic rings. The van der Waals surface area contributed by atoms with Crippen molar-refractivity contribution < 1.29 is 0 Å². The second-order valence-electron chi connectivity index (χ2n) is 3.15. The summed E-state index contributed by atoms with van der Waals surface area (Å²) in [5.74, 6) is 0.765. The highest BCUT2D eigenvalue weighted by Gasteiger charge is 2.01. The van der Waals surface area contributed by atoms with Gasteiger partial charge in [-0.3, -0.25) is 10.4 Å². The minimum Gasteiger partial charge on any atom is -0.382 e. The molecule has 0 aliphatic carbocycles. The fraction of sp³-hybridized carbons (Fsp3) is 0.100. The van der Waals surface area contributed by atoms with Crippen LogP contribution in [0.5, 0.6) is 0 Å². The average Bonchev–Trinajstić information content (AvgIpc) is 2.79. The van der Waals surface area contributed by atoms with Crippen LogP contribution in [-0.4, -0.2) is 20.8 Å². The Morgan fingerprint density at radius 3 is 3.00 bits per heavy atom. The van der Waals surface area contributed by atoms with Gasteiger partial charge in [-0.1, -0.05) is 11.8 Å². The summed E-state index contributed by atoms with van der Waals surface area (Å²) >= 11 is 1.59. The molecule has 0 aromatic carbocycles. The van der Waals surface area contributed by atoms with Crippen LogP contribution in [0.4, 0.5) is 0 Å². The highest BCUT2D eigenvalue weighted by Crippen LogP contribution is 2.18. The fourth-order valence-electron chi connectivity index (χ4n) is 1.19. The lowest BCUT2D eigenvalue weighted by atomic mass is 10.2. The molecule has 16 heavy (non-hydrogen) atoms. The van der Waals surface area contributed by atoms with E-state index in [1.807, 2.05) is 12.1 Å². The van der Waals surface area contributed by atoms with E-state index in [2.05, 4.69) is 15.0 Å². The molecule has 0 atom stereocenters. The number of nitrogen functional groups attached to an aromatic ring is 1. The van der Waals surface area contributed by atoms with Crippen molar-refractivity contribution in [3.8, 4) is 0 Å². The normalized spacial score (nSPS) is 10.2. The van der Waals surface area contributed by atoms with Gasteiger partial charge >= 0.3 is 0 Å². The van der Waals surface area contributed by atoms with E-state index in [1.54, 1.807) is 30.4 Å². The van der Waals surface area contributed by atoms with E-state index in [4.69, 9.17) is 11.1 Å². The third kappa shape index (κ3) is 2.60. The van der Waals surface area contributed by atoms with Crippen molar-refractivity contribution in [3.05, 3.63) is 42.0 Å². The number of rotatable bonds is 4. The molecule has 0 saturated carbocycles. The van der Waals surface area contributed by atoms with Gasteiger partial charge in [-0.05, 0) is 17.7 Å². The van der Waals surface area contributed by atoms with E-state index < -0.39 is 0 Å². The Bertz CT molecular complexity index is 480. The Morgan fingerprint density at radius 2 is 2.31 bits per heavy atom. The number of nitrogens with one attached hydrogen (secondary N) is 2. The van der Waals surface area contributed by atoms with E-state index >= 15 is 0 Å². The van der Waals surface area contributed by atoms with Crippen LogP contribution >= 0.6 is 11.8 Å². The summed E-state index contributed by atoms with van der Waals surface area (Å²) in [6.07, 6.45) is 5.17. The Kier molecular flexibility index (Phi) is 3.21. The van der Waals surface area contributed by atoms with Gasteiger partial charge in [-0.25, -0.2) is 4.98 Å². The zero-order valence-corrected chi connectivity index (χ0v) is 9.29. The molecule has 4 N–H and O–H groups in total. The highest BCUT2D eigenvalue weighted by molar-refractivity contribution is 7.98. The Balaban J connectivity index is 2.04. The van der Waals surface area contributed by atoms with Gasteiger partial charge in [-0.15, -0.1) is 0 Å². The molecule has 0 bridgehead atoms. The molecule has 2 aromatic heterocycles. The van der Waals surface area contributed by atoms with Crippen molar-refractivity contribution in [2.45, 2.75) is 10.9 Å². The van der Waals surface area contributed by atoms with Gasteiger partial charge in [0.15, 0.2) is 5.16 Å². The zero-order valence-electron chi connectivity index (χ0n) is 8.47. The molecule has 0 saturated heterocycles. The number of amidine groups is 1. The lowest BCUT2D eigenvalue weighted by molar-refractivity contribution is 1.06. The lowest BCUT2D eigenvalue weighted by Gasteiger charge is -2.01. The summed E-state index contributed by atoms with van der Waals surface area (Å²) in [7, 11) is 0. The second-order valence-corrected chi connectivity index (χ2v) is 4.11. The maximum Gasteiger partial charge on any atom is 0.165 e. The highest BCUT2D eigenvalue weighted by atomic mass is 32.2. The molecule has 0 aliphatic heterocycles. The maximum absolute atomic E-state index is 7.29. The minimum atomic E-state index is -0.00940. The molecule has 2 rings (SSSR count). The summed E-state index contributed by atoms with van der Waals surface area (Å²) in [6.45, 7) is 0. The number of nitrogens with two attached hydrogens (primary N) is 1. The molecular formula is C10H11N5S. The molecular weight excluding hydrogens is 222 g/mol. The van der Waals surface area contributed by atoms with Gasteiger partial charge < -0.3 is 10.7 Å². The first-order valence-corrected chi connectivity index (χ1v) is 5.66. The summed E-state index contributed by atoms with van der Waals surface area (Å²) in [6, 6.07) is 3.72. The summed E-state index contributed by atoms with van der Waals surface area (Å²) < 4.78 is 0. The number of hydrogen-bond donors (Lipinski definition) is 3. The van der Waals surface area contributed by atoms with E-state index in [9.17, 15) is 0 Å². The average molecular weight is 233 g/mol. The molecule has 2 heterocycles. The van der Waals surface area contributed by atoms with Gasteiger partial charge in [0, 0.05) is 24.3 Å². The SMILES string of the molecule is N=C(N)c1cc(CSc2ncc[nH]2)ccn1. The first-order chi connectivity index (χ1) is 7.75. The number of imidazole rings is 1. The van der Waals surface area contributed by atoms with Gasteiger partial charge in [-0.2, -0.15) is 0 Å². The molecule has 0 fully saturated rings. The Morgan fingerprint density at radius 1 is 1.44 bits per heavy atom. The summed E-state index contributed by atoms with van der Waals surface area (Å²) in [5, 5.41) is 8.17. The quantitative estimate of drug-likeness (QED) is 0.422. The van der Waals surface area contributed by atoms with Crippen molar-refractivity contribution >= 4 is 17.6 Å². The van der Waals surface area contributed by atoms with E-state index in [1.165, 1.54) is 0 Å². The molecule has 6 heteroatoms. The zero-order chi connectivity index (χ0) is 11.4. The molecule has 82 valence electrons. The van der Waals surface area contributed by atoms with Crippen LogP contribution in [0.1, 0.15) is 11.3 Å². The molecule has 0 amide bonds. The van der Waals surface area contributed by atoms with Crippen molar-refractivity contribution in [2.75, 3.05) is 0 Å². The number of nitrogens with zero attached hydrogens (tertiary/aromatic N) is 2. The molecule has 0 unspecified atom stereocenters. The Labute approximate surface area is 97.0 Å². The minimum absolute atomic E-state index is 0.00940. The van der Waals surface area contributed by atoms with Crippen LogP contribution in [0.3, 0.4) is 0 Å². The first-order valence-electron chi connectivity index (χ1n) is 4.67. The molecule has 0 spiro atoms. The number of aromatic amines is 1. The van der Waals surface area contributed by atoms with Crippen molar-refractivity contribution in [1.82, 2.24) is 15.0 Å². The van der Waals surface area contributed by atoms with Gasteiger partial charge in [0.1, 0.15) is 11.5 Å². The fourth-order valence-corrected chi connectivity index (χ4v) is 1.96. The smallest absolute Gasteiger partial charge is 0.165 e. The van der Waals surface area contributed by atoms with Gasteiger partial charge in [0.05, 0.1) is 0 Å². The summed E-state index contributed by atoms with van der Waals surface area (Å²) in [4.78, 5) is 11.1. The van der Waals surface area contributed by atoms with Crippen LogP contribution in [0, 0.1) is 5.41 Å². The van der Waals surface area contributed by atoms with Crippen LogP contribution in [0.2, 0.25) is 0 Å². The number of pyridine rings is 1. The largest absolute Gasteiger partial charge is 0.382 e. The van der Waals surface area contributed by atoms with Crippen molar-refractivity contribution in [1.29, 1.82) is 5.41 Å². The van der Waals surface area contributed by atoms with Crippen molar-refractivity contribution in [3.63, 3.8) is 0 Å². The predicted octanol–water partition coefficient (Wildman–Crippen LogP) is 1.38. The standard InChI is InChI=1S/C10H11N5S/c11-9(12)8-5-7(1-2-13-8)6-16-10-14-3-4-15-10/h1-5H,6H2,(H3,11,12)(H,14,15). The third-order valence-electron chi connectivity index (χ3n) is 1.95. The molecule has 0 radical (unpaired) electrons. The number of H-pyrrole nitrogens is 1. The Hall–Kier alpha value is -1.82. The van der Waals surface area contributed by atoms with Gasteiger partial charge in [0.25, 0.3) is 0 Å². The van der Waals surface area contributed by atoms with Crippen LogP contribution in [0.15, 0.2) is 35.9 Å². The summed E-state index contributed by atoms with van der Waals surface area (Å²) in [5.41, 5.74) is 6.95. The number of thioether (sulfide) groups is 1. The third-order valence-corrected chi connectivity index (χ3v) is 2.92. The lowest BCUT2D eigenvalue weighted by Crippen LogP contribution is -2.13. The van der Waals surface area contributed by atoms with E-state index in [-0.39, 0.29) is 5.84 Å². The second kappa shape index (κ2) is 4.80. The number of aromatic nitrogens is 3. The van der Waals surface area contributed by atoms with Crippen LogP contribution in [-0.2, 0) is 5.75 Å². The van der Waals surface area contributed by atoms with Gasteiger partial charge in [0.2, 0.25) is 0 Å². The number of hydrogen-bond acceptors (Lipinski definition) is 4. The topological polar surface area (TPSA) is 91.4 Å². The predicted molar refractivity (Wildman–Crippen MR) is 63.4 cm³/mol. The van der Waals surface area contributed by atoms with Crippen LogP contribution < -0.4 is 5.73 Å². The molecule has 2 aromatic rings. The van der Waals surface area contributed by atoms with Crippen LogP contribution in [0.25, 0.3) is 0 Å². The van der Waals surface area contributed by atoms with Crippen molar-refractivity contribution in [2.24, 2.45) is 5.73 Å².